The summed E-state index contributed by atoms with van der Waals surface area (Å²) in [6.45, 7) is 8.26. The molecule has 0 saturated carbocycles. The molecule has 36 heavy (non-hydrogen) atoms. The van der Waals surface area contributed by atoms with Crippen LogP contribution in [0.5, 0.6) is 5.75 Å². The van der Waals surface area contributed by atoms with Gasteiger partial charge in [-0.3, -0.25) is 14.5 Å². The van der Waals surface area contributed by atoms with Gasteiger partial charge in [0.05, 0.1) is 24.4 Å². The molecular weight excluding hydrogens is 462 g/mol. The highest BCUT2D eigenvalue weighted by molar-refractivity contribution is 6.03. The van der Waals surface area contributed by atoms with Crippen molar-refractivity contribution >= 4 is 22.7 Å². The summed E-state index contributed by atoms with van der Waals surface area (Å²) in [4.78, 5) is 29.6. The SMILES string of the molecule is COc1ccc2c3c(n(CC=C(C)C)c2c1)[C@H](C=C(C)C)N1C(=O)[C@]2(O)CCCN2C(=O)[C@]1(O)[C@H]3O. The number of benzene rings is 1. The molecule has 4 heterocycles. The molecule has 0 spiro atoms. The lowest BCUT2D eigenvalue weighted by molar-refractivity contribution is -0.254. The van der Waals surface area contributed by atoms with Crippen molar-refractivity contribution in [2.75, 3.05) is 13.7 Å². The molecule has 3 aliphatic heterocycles. The quantitative estimate of drug-likeness (QED) is 0.562. The third kappa shape index (κ3) is 3.12. The van der Waals surface area contributed by atoms with E-state index >= 15 is 0 Å². The van der Waals surface area contributed by atoms with Gasteiger partial charge in [-0.2, -0.15) is 0 Å². The number of hydrogen-bond donors (Lipinski definition) is 3. The van der Waals surface area contributed by atoms with E-state index in [1.807, 2.05) is 44.4 Å². The number of allylic oxidation sites excluding steroid dienone is 3. The highest BCUT2D eigenvalue weighted by Gasteiger charge is 2.70. The smallest absolute Gasteiger partial charge is 0.281 e. The molecule has 2 aromatic rings. The van der Waals surface area contributed by atoms with E-state index in [-0.39, 0.29) is 13.0 Å². The molecular formula is C27H33N3O6. The number of carbonyl (C=O) groups excluding carboxylic acids is 2. The Labute approximate surface area is 209 Å². The van der Waals surface area contributed by atoms with Crippen molar-refractivity contribution in [2.45, 2.75) is 70.7 Å². The van der Waals surface area contributed by atoms with Gasteiger partial charge in [0, 0.05) is 36.5 Å². The maximum absolute atomic E-state index is 13.9. The zero-order valence-corrected chi connectivity index (χ0v) is 21.3. The second-order valence-electron chi connectivity index (χ2n) is 10.4. The minimum Gasteiger partial charge on any atom is -0.497 e. The minimum absolute atomic E-state index is 0.0760. The predicted molar refractivity (Wildman–Crippen MR) is 133 cm³/mol. The lowest BCUT2D eigenvalue weighted by Gasteiger charge is -2.56. The second-order valence-corrected chi connectivity index (χ2v) is 10.4. The molecule has 9 nitrogen and oxygen atoms in total. The molecule has 2 amide bonds. The summed E-state index contributed by atoms with van der Waals surface area (Å²) in [5.41, 5.74) is -0.957. The average molecular weight is 496 g/mol. The van der Waals surface area contributed by atoms with Gasteiger partial charge in [0.25, 0.3) is 17.5 Å². The lowest BCUT2D eigenvalue weighted by atomic mass is 9.81. The molecule has 3 aliphatic rings. The first-order valence-electron chi connectivity index (χ1n) is 12.2. The molecule has 5 rings (SSSR count). The van der Waals surface area contributed by atoms with E-state index in [2.05, 4.69) is 0 Å². The van der Waals surface area contributed by atoms with E-state index in [9.17, 15) is 24.9 Å². The van der Waals surface area contributed by atoms with E-state index < -0.39 is 35.4 Å². The van der Waals surface area contributed by atoms with Crippen LogP contribution in [0, 0.1) is 0 Å². The van der Waals surface area contributed by atoms with Gasteiger partial charge < -0.3 is 29.5 Å². The zero-order chi connectivity index (χ0) is 26.2. The van der Waals surface area contributed by atoms with Crippen LogP contribution in [0.25, 0.3) is 10.9 Å². The fraction of sp³-hybridized carbons (Fsp3) is 0.481. The number of aliphatic hydroxyl groups excluding tert-OH is 1. The van der Waals surface area contributed by atoms with Crippen molar-refractivity contribution in [3.63, 3.8) is 0 Å². The molecule has 0 bridgehead atoms. The van der Waals surface area contributed by atoms with Crippen LogP contribution in [0.15, 0.2) is 41.5 Å². The van der Waals surface area contributed by atoms with Crippen molar-refractivity contribution in [1.29, 1.82) is 0 Å². The Balaban J connectivity index is 1.88. The highest BCUT2D eigenvalue weighted by atomic mass is 16.5. The van der Waals surface area contributed by atoms with Gasteiger partial charge in [0.1, 0.15) is 11.9 Å². The molecule has 0 aliphatic carbocycles. The number of amides is 2. The Kier molecular flexibility index (Phi) is 5.59. The summed E-state index contributed by atoms with van der Waals surface area (Å²) in [6, 6.07) is 4.51. The van der Waals surface area contributed by atoms with Crippen LogP contribution < -0.4 is 4.74 Å². The molecule has 2 saturated heterocycles. The largest absolute Gasteiger partial charge is 0.497 e. The number of hydrogen-bond acceptors (Lipinski definition) is 6. The number of aromatic nitrogens is 1. The van der Waals surface area contributed by atoms with Crippen molar-refractivity contribution < 1.29 is 29.6 Å². The molecule has 192 valence electrons. The van der Waals surface area contributed by atoms with E-state index in [1.165, 1.54) is 0 Å². The summed E-state index contributed by atoms with van der Waals surface area (Å²) in [6.07, 6.45) is 2.60. The third-order valence-electron chi connectivity index (χ3n) is 7.58. The average Bonchev–Trinajstić information content (AvgIpc) is 3.38. The highest BCUT2D eigenvalue weighted by Crippen LogP contribution is 2.54. The van der Waals surface area contributed by atoms with Crippen molar-refractivity contribution in [2.24, 2.45) is 0 Å². The number of fused-ring (bicyclic) bond motifs is 5. The van der Waals surface area contributed by atoms with Crippen molar-refractivity contribution in [3.8, 4) is 5.75 Å². The monoisotopic (exact) mass is 495 g/mol. The summed E-state index contributed by atoms with van der Waals surface area (Å²) in [5, 5.41) is 35.6. The number of rotatable bonds is 4. The number of ether oxygens (including phenoxy) is 1. The summed E-state index contributed by atoms with van der Waals surface area (Å²) < 4.78 is 7.44. The van der Waals surface area contributed by atoms with E-state index in [0.717, 1.165) is 26.5 Å². The lowest BCUT2D eigenvalue weighted by Crippen LogP contribution is -2.78. The van der Waals surface area contributed by atoms with Crippen LogP contribution in [-0.2, 0) is 16.1 Å². The van der Waals surface area contributed by atoms with E-state index in [0.29, 0.717) is 35.4 Å². The fourth-order valence-electron chi connectivity index (χ4n) is 5.90. The van der Waals surface area contributed by atoms with Gasteiger partial charge >= 0.3 is 0 Å². The molecule has 1 aromatic heterocycles. The van der Waals surface area contributed by atoms with Crippen LogP contribution in [-0.4, -0.2) is 66.6 Å². The normalized spacial score (nSPS) is 29.1. The molecule has 0 unspecified atom stereocenters. The van der Waals surface area contributed by atoms with E-state index in [4.69, 9.17) is 4.74 Å². The van der Waals surface area contributed by atoms with E-state index in [1.54, 1.807) is 25.3 Å². The van der Waals surface area contributed by atoms with Gasteiger partial charge in [-0.1, -0.05) is 23.3 Å². The van der Waals surface area contributed by atoms with Gasteiger partial charge in [0.15, 0.2) is 0 Å². The molecule has 0 radical (unpaired) electrons. The summed E-state index contributed by atoms with van der Waals surface area (Å²) in [5.74, 6) is -1.04. The van der Waals surface area contributed by atoms with Crippen LogP contribution in [0.1, 0.15) is 63.9 Å². The third-order valence-corrected chi connectivity index (χ3v) is 7.58. The molecule has 2 fully saturated rings. The Hall–Kier alpha value is -3.14. The molecule has 9 heteroatoms. The van der Waals surface area contributed by atoms with Gasteiger partial charge in [-0.25, -0.2) is 0 Å². The maximum Gasteiger partial charge on any atom is 0.281 e. The second kappa shape index (κ2) is 8.19. The van der Waals surface area contributed by atoms with Crippen molar-refractivity contribution in [1.82, 2.24) is 14.4 Å². The predicted octanol–water partition coefficient (Wildman–Crippen LogP) is 2.51. The Morgan fingerprint density at radius 3 is 2.50 bits per heavy atom. The van der Waals surface area contributed by atoms with Crippen molar-refractivity contribution in [3.05, 3.63) is 52.8 Å². The molecule has 3 N–H and O–H groups in total. The minimum atomic E-state index is -2.56. The summed E-state index contributed by atoms with van der Waals surface area (Å²) >= 11 is 0. The number of aliphatic hydroxyl groups is 3. The number of piperazine rings is 1. The standard InChI is InChI=1S/C27H33N3O6/c1-15(2)9-12-28-19-14-17(36-5)7-8-18(19)21-22(28)20(13-16(3)4)30-24(32)26(34)10-6-11-29(26)25(33)27(30,35)23(21)31/h7-9,13-14,20,23,31,34-35H,6,10-12H2,1-5H3/t20-,23-,26+,27+/m0/s1. The number of methoxy groups -OCH3 is 1. The first-order valence-corrected chi connectivity index (χ1v) is 12.2. The Morgan fingerprint density at radius 2 is 1.86 bits per heavy atom. The molecule has 1 aromatic carbocycles. The van der Waals surface area contributed by atoms with Crippen LogP contribution in [0.4, 0.5) is 0 Å². The Morgan fingerprint density at radius 1 is 1.14 bits per heavy atom. The summed E-state index contributed by atoms with van der Waals surface area (Å²) in [7, 11) is 1.57. The number of nitrogens with zero attached hydrogens (tertiary/aromatic N) is 3. The first kappa shape index (κ1) is 24.5. The van der Waals surface area contributed by atoms with Gasteiger partial charge in [-0.05, 0) is 46.2 Å². The fourth-order valence-corrected chi connectivity index (χ4v) is 5.90. The Bertz CT molecular complexity index is 1330. The van der Waals surface area contributed by atoms with Gasteiger partial charge in [0.2, 0.25) is 5.72 Å². The zero-order valence-electron chi connectivity index (χ0n) is 21.3. The van der Waals surface area contributed by atoms with Crippen LogP contribution in [0.2, 0.25) is 0 Å². The first-order chi connectivity index (χ1) is 17.0. The van der Waals surface area contributed by atoms with Gasteiger partial charge in [-0.15, -0.1) is 0 Å². The maximum atomic E-state index is 13.9. The number of carbonyl (C=O) groups is 2. The van der Waals surface area contributed by atoms with Crippen LogP contribution >= 0.6 is 0 Å². The topological polar surface area (TPSA) is 115 Å². The van der Waals surface area contributed by atoms with Crippen LogP contribution in [0.3, 0.4) is 0 Å². The molecule has 4 atom stereocenters.